The van der Waals surface area contributed by atoms with Crippen LogP contribution in [0.25, 0.3) is 0 Å². The first kappa shape index (κ1) is 15.8. The topological polar surface area (TPSA) is 38.3 Å². The monoisotopic (exact) mass is 273 g/mol. The van der Waals surface area contributed by atoms with Crippen LogP contribution in [0, 0.1) is 5.92 Å². The molecule has 2 atom stereocenters. The molecule has 0 aromatic carbocycles. The molecule has 0 aliphatic heterocycles. The van der Waals surface area contributed by atoms with Crippen LogP contribution in [0.4, 0.5) is 0 Å². The van der Waals surface area contributed by atoms with Crippen LogP contribution in [0.2, 0.25) is 0 Å². The Morgan fingerprint density at radius 1 is 1.50 bits per heavy atom. The van der Waals surface area contributed by atoms with E-state index in [9.17, 15) is 4.79 Å². The maximum Gasteiger partial charge on any atom is 0.326 e. The normalized spacial score (nSPS) is 27.7. The van der Waals surface area contributed by atoms with Gasteiger partial charge in [-0.3, -0.25) is 4.79 Å². The number of likely N-dealkylation sites (N-methyl/N-ethyl adjacent to an activating group) is 1. The van der Waals surface area contributed by atoms with E-state index >= 15 is 0 Å². The molecule has 1 aliphatic carbocycles. The van der Waals surface area contributed by atoms with Gasteiger partial charge in [-0.15, -0.1) is 0 Å². The fourth-order valence-corrected chi connectivity index (χ4v) is 3.84. The number of hydrogen-bond donors (Lipinski definition) is 1. The second-order valence-electron chi connectivity index (χ2n) is 5.42. The van der Waals surface area contributed by atoms with Crippen molar-refractivity contribution >= 4 is 17.7 Å². The Kier molecular flexibility index (Phi) is 6.50. The molecule has 0 aromatic rings. The van der Waals surface area contributed by atoms with Gasteiger partial charge in [-0.2, -0.15) is 11.8 Å². The van der Waals surface area contributed by atoms with Gasteiger partial charge < -0.3 is 10.1 Å². The lowest BCUT2D eigenvalue weighted by molar-refractivity contribution is -0.151. The Morgan fingerprint density at radius 3 is 2.78 bits per heavy atom. The van der Waals surface area contributed by atoms with Gasteiger partial charge in [0.05, 0.1) is 6.61 Å². The van der Waals surface area contributed by atoms with Crippen LogP contribution in [0.3, 0.4) is 0 Å². The third kappa shape index (κ3) is 4.16. The highest BCUT2D eigenvalue weighted by Gasteiger charge is 2.45. The van der Waals surface area contributed by atoms with Crippen LogP contribution >= 0.6 is 11.8 Å². The SMILES string of the molecule is CCNC1(C(=O)OCC)CCC(SCC(C)C)C1. The molecule has 3 nitrogen and oxygen atoms in total. The summed E-state index contributed by atoms with van der Waals surface area (Å²) in [5, 5.41) is 3.97. The highest BCUT2D eigenvalue weighted by molar-refractivity contribution is 7.99. The van der Waals surface area contributed by atoms with Crippen molar-refractivity contribution in [3.05, 3.63) is 0 Å². The standard InChI is InChI=1S/C14H27NO2S/c1-5-15-14(13(16)17-6-2)8-7-12(9-14)18-10-11(3)4/h11-12,15H,5-10H2,1-4H3. The summed E-state index contributed by atoms with van der Waals surface area (Å²) in [5.41, 5.74) is -0.417. The molecule has 0 saturated heterocycles. The van der Waals surface area contributed by atoms with Gasteiger partial charge in [0.1, 0.15) is 5.54 Å². The number of carbonyl (C=O) groups excluding carboxylic acids is 1. The van der Waals surface area contributed by atoms with Crippen LogP contribution < -0.4 is 5.32 Å². The number of hydrogen-bond acceptors (Lipinski definition) is 4. The summed E-state index contributed by atoms with van der Waals surface area (Å²) in [5.74, 6) is 1.83. The maximum atomic E-state index is 12.1. The first-order valence-corrected chi connectivity index (χ1v) is 8.12. The molecule has 0 bridgehead atoms. The smallest absolute Gasteiger partial charge is 0.326 e. The Bertz CT molecular complexity index is 271. The molecule has 4 heteroatoms. The molecule has 18 heavy (non-hydrogen) atoms. The molecule has 0 spiro atoms. The number of nitrogens with one attached hydrogen (secondary N) is 1. The molecular formula is C14H27NO2S. The minimum atomic E-state index is -0.417. The van der Waals surface area contributed by atoms with Crippen LogP contribution in [-0.2, 0) is 9.53 Å². The second-order valence-corrected chi connectivity index (χ2v) is 6.76. The van der Waals surface area contributed by atoms with Gasteiger partial charge in [0.25, 0.3) is 0 Å². The number of esters is 1. The number of ether oxygens (including phenoxy) is 1. The molecule has 2 unspecified atom stereocenters. The highest BCUT2D eigenvalue weighted by Crippen LogP contribution is 2.38. The van der Waals surface area contributed by atoms with Gasteiger partial charge in [-0.25, -0.2) is 0 Å². The zero-order valence-corrected chi connectivity index (χ0v) is 12.9. The van der Waals surface area contributed by atoms with Crippen molar-refractivity contribution in [2.45, 2.75) is 57.7 Å². The predicted octanol–water partition coefficient (Wildman–Crippen LogP) is 2.84. The largest absolute Gasteiger partial charge is 0.465 e. The van der Waals surface area contributed by atoms with Gasteiger partial charge in [0, 0.05) is 5.25 Å². The van der Waals surface area contributed by atoms with Crippen molar-refractivity contribution in [3.63, 3.8) is 0 Å². The molecule has 1 rings (SSSR count). The van der Waals surface area contributed by atoms with E-state index in [0.29, 0.717) is 17.8 Å². The van der Waals surface area contributed by atoms with E-state index in [1.54, 1.807) is 0 Å². The van der Waals surface area contributed by atoms with E-state index in [0.717, 1.165) is 25.8 Å². The minimum Gasteiger partial charge on any atom is -0.465 e. The van der Waals surface area contributed by atoms with Gasteiger partial charge in [0.15, 0.2) is 0 Å². The van der Waals surface area contributed by atoms with Crippen LogP contribution in [0.5, 0.6) is 0 Å². The minimum absolute atomic E-state index is 0.0560. The molecule has 1 aliphatic rings. The first-order chi connectivity index (χ1) is 8.54. The molecule has 1 fully saturated rings. The first-order valence-electron chi connectivity index (χ1n) is 7.08. The summed E-state index contributed by atoms with van der Waals surface area (Å²) in [6.45, 7) is 9.69. The van der Waals surface area contributed by atoms with Crippen molar-refractivity contribution in [2.24, 2.45) is 5.92 Å². The predicted molar refractivity (Wildman–Crippen MR) is 78.0 cm³/mol. The Balaban J connectivity index is 2.57. The number of carbonyl (C=O) groups is 1. The van der Waals surface area contributed by atoms with Crippen LogP contribution in [-0.4, -0.2) is 35.7 Å². The summed E-state index contributed by atoms with van der Waals surface area (Å²) >= 11 is 2.01. The van der Waals surface area contributed by atoms with E-state index in [1.807, 2.05) is 18.7 Å². The summed E-state index contributed by atoms with van der Waals surface area (Å²) in [7, 11) is 0. The van der Waals surface area contributed by atoms with Gasteiger partial charge in [-0.1, -0.05) is 20.8 Å². The van der Waals surface area contributed by atoms with Crippen molar-refractivity contribution in [2.75, 3.05) is 18.9 Å². The van der Waals surface area contributed by atoms with Crippen molar-refractivity contribution in [3.8, 4) is 0 Å². The second kappa shape index (κ2) is 7.39. The quantitative estimate of drug-likeness (QED) is 0.724. The number of thioether (sulfide) groups is 1. The van der Waals surface area contributed by atoms with E-state index < -0.39 is 5.54 Å². The summed E-state index contributed by atoms with van der Waals surface area (Å²) in [6, 6.07) is 0. The fraction of sp³-hybridized carbons (Fsp3) is 0.929. The molecule has 0 heterocycles. The third-order valence-corrected chi connectivity index (χ3v) is 5.05. The Morgan fingerprint density at radius 2 is 2.22 bits per heavy atom. The fourth-order valence-electron chi connectivity index (χ4n) is 2.50. The molecule has 0 radical (unpaired) electrons. The van der Waals surface area contributed by atoms with Gasteiger partial charge >= 0.3 is 5.97 Å². The van der Waals surface area contributed by atoms with E-state index in [2.05, 4.69) is 26.1 Å². The summed E-state index contributed by atoms with van der Waals surface area (Å²) < 4.78 is 5.24. The van der Waals surface area contributed by atoms with Crippen molar-refractivity contribution in [1.29, 1.82) is 0 Å². The lowest BCUT2D eigenvalue weighted by Gasteiger charge is -2.27. The summed E-state index contributed by atoms with van der Waals surface area (Å²) in [4.78, 5) is 12.1. The number of rotatable bonds is 7. The van der Waals surface area contributed by atoms with E-state index in [4.69, 9.17) is 4.74 Å². The molecule has 1 N–H and O–H groups in total. The summed E-state index contributed by atoms with van der Waals surface area (Å²) in [6.07, 6.45) is 2.94. The lowest BCUT2D eigenvalue weighted by atomic mass is 9.98. The molecule has 1 saturated carbocycles. The molecule has 0 amide bonds. The maximum absolute atomic E-state index is 12.1. The third-order valence-electron chi connectivity index (χ3n) is 3.32. The highest BCUT2D eigenvalue weighted by atomic mass is 32.2. The average molecular weight is 273 g/mol. The van der Waals surface area contributed by atoms with E-state index in [1.165, 1.54) is 5.75 Å². The molecule has 106 valence electrons. The van der Waals surface area contributed by atoms with Crippen molar-refractivity contribution < 1.29 is 9.53 Å². The molecule has 0 aromatic heterocycles. The average Bonchev–Trinajstić information content (AvgIpc) is 2.72. The molecular weight excluding hydrogens is 246 g/mol. The van der Waals surface area contributed by atoms with Crippen LogP contribution in [0.15, 0.2) is 0 Å². The van der Waals surface area contributed by atoms with Gasteiger partial charge in [0.2, 0.25) is 0 Å². The zero-order valence-electron chi connectivity index (χ0n) is 12.1. The van der Waals surface area contributed by atoms with Crippen LogP contribution in [0.1, 0.15) is 47.0 Å². The van der Waals surface area contributed by atoms with Gasteiger partial charge in [-0.05, 0) is 44.4 Å². The zero-order chi connectivity index (χ0) is 13.6. The van der Waals surface area contributed by atoms with Crippen molar-refractivity contribution in [1.82, 2.24) is 5.32 Å². The van der Waals surface area contributed by atoms with E-state index in [-0.39, 0.29) is 5.97 Å². The Labute approximate surface area is 115 Å². The lowest BCUT2D eigenvalue weighted by Crippen LogP contribution is -2.51. The Hall–Kier alpha value is -0.220.